The first kappa shape index (κ1) is 10.1. The molecule has 0 aliphatic carbocycles. The van der Waals surface area contributed by atoms with E-state index < -0.39 is 0 Å². The first-order chi connectivity index (χ1) is 9.33. The van der Waals surface area contributed by atoms with Crippen LogP contribution in [0.15, 0.2) is 49.1 Å². The molecule has 4 heterocycles. The molecule has 4 aromatic rings. The zero-order valence-corrected chi connectivity index (χ0v) is 10.0. The summed E-state index contributed by atoms with van der Waals surface area (Å²) < 4.78 is 2.05. The van der Waals surface area contributed by atoms with E-state index in [0.29, 0.717) is 5.69 Å². The minimum atomic E-state index is 0.661. The molecule has 0 saturated heterocycles. The Morgan fingerprint density at radius 3 is 2.84 bits per heavy atom. The summed E-state index contributed by atoms with van der Waals surface area (Å²) in [5.41, 5.74) is 8.32. The highest BCUT2D eigenvalue weighted by Crippen LogP contribution is 2.26. The minimum absolute atomic E-state index is 0.661. The molecule has 0 aliphatic rings. The first-order valence-corrected chi connectivity index (χ1v) is 5.98. The lowest BCUT2D eigenvalue weighted by molar-refractivity contribution is 1.05. The Hall–Kier alpha value is -2.82. The van der Waals surface area contributed by atoms with Gasteiger partial charge >= 0.3 is 0 Å². The number of aromatic nitrogens is 4. The largest absolute Gasteiger partial charge is 0.397 e. The molecule has 0 radical (unpaired) electrons. The Labute approximate surface area is 108 Å². The van der Waals surface area contributed by atoms with Crippen molar-refractivity contribution in [2.45, 2.75) is 0 Å². The molecule has 0 amide bonds. The van der Waals surface area contributed by atoms with Gasteiger partial charge in [0.05, 0.1) is 17.4 Å². The molecule has 0 saturated carbocycles. The molecule has 4 aromatic heterocycles. The first-order valence-electron chi connectivity index (χ1n) is 5.98. The summed E-state index contributed by atoms with van der Waals surface area (Å²) >= 11 is 0. The third-order valence-electron chi connectivity index (χ3n) is 3.25. The standard InChI is InChI=1S/C14H11N5/c15-10-1-2-12(17-8-10)19-6-4-9-7-18-14-11(13(9)19)3-5-16-14/h1-8H,15H2,(H,16,18). The molecular formula is C14H11N5. The zero-order chi connectivity index (χ0) is 12.8. The number of pyridine rings is 2. The predicted octanol–water partition coefficient (Wildman–Crippen LogP) is 2.48. The lowest BCUT2D eigenvalue weighted by atomic mass is 10.2. The second-order valence-corrected chi connectivity index (χ2v) is 4.44. The average molecular weight is 249 g/mol. The molecule has 3 N–H and O–H groups in total. The Bertz CT molecular complexity index is 870. The van der Waals surface area contributed by atoms with Crippen molar-refractivity contribution >= 4 is 27.6 Å². The fraction of sp³-hybridized carbons (Fsp3) is 0. The van der Waals surface area contributed by atoms with Crippen molar-refractivity contribution in [1.29, 1.82) is 0 Å². The lowest BCUT2D eigenvalue weighted by Crippen LogP contribution is -1.97. The van der Waals surface area contributed by atoms with Crippen LogP contribution >= 0.6 is 0 Å². The number of nitrogen functional groups attached to an aromatic ring is 1. The van der Waals surface area contributed by atoms with Crippen LogP contribution in [0.5, 0.6) is 0 Å². The maximum Gasteiger partial charge on any atom is 0.139 e. The number of hydrogen-bond acceptors (Lipinski definition) is 3. The number of nitrogens with two attached hydrogens (primary N) is 1. The van der Waals surface area contributed by atoms with E-state index in [1.54, 1.807) is 6.20 Å². The molecule has 0 aliphatic heterocycles. The molecule has 0 fully saturated rings. The van der Waals surface area contributed by atoms with Gasteiger partial charge in [0.25, 0.3) is 0 Å². The van der Waals surface area contributed by atoms with E-state index in [1.807, 2.05) is 47.4 Å². The Morgan fingerprint density at radius 2 is 2.00 bits per heavy atom. The second-order valence-electron chi connectivity index (χ2n) is 4.44. The average Bonchev–Trinajstić information content (AvgIpc) is 3.04. The zero-order valence-electron chi connectivity index (χ0n) is 10.0. The molecule has 0 bridgehead atoms. The van der Waals surface area contributed by atoms with Gasteiger partial charge in [-0.25, -0.2) is 9.97 Å². The van der Waals surface area contributed by atoms with Crippen LogP contribution in [0.3, 0.4) is 0 Å². The van der Waals surface area contributed by atoms with Crippen LogP contribution in [0.4, 0.5) is 5.69 Å². The van der Waals surface area contributed by atoms with Crippen LogP contribution < -0.4 is 5.73 Å². The van der Waals surface area contributed by atoms with Crippen molar-refractivity contribution < 1.29 is 0 Å². The number of nitrogens with one attached hydrogen (secondary N) is 1. The van der Waals surface area contributed by atoms with Gasteiger partial charge in [-0.2, -0.15) is 0 Å². The molecule has 19 heavy (non-hydrogen) atoms. The molecule has 0 spiro atoms. The van der Waals surface area contributed by atoms with Crippen LogP contribution in [-0.2, 0) is 0 Å². The van der Waals surface area contributed by atoms with Gasteiger partial charge in [0.15, 0.2) is 0 Å². The van der Waals surface area contributed by atoms with Crippen molar-refractivity contribution in [1.82, 2.24) is 19.5 Å². The third kappa shape index (κ3) is 1.41. The fourth-order valence-electron chi connectivity index (χ4n) is 2.36. The normalized spacial score (nSPS) is 11.4. The topological polar surface area (TPSA) is 72.5 Å². The van der Waals surface area contributed by atoms with Gasteiger partial charge in [-0.3, -0.25) is 0 Å². The smallest absolute Gasteiger partial charge is 0.139 e. The molecule has 4 rings (SSSR count). The van der Waals surface area contributed by atoms with Crippen molar-refractivity contribution in [3.63, 3.8) is 0 Å². The third-order valence-corrected chi connectivity index (χ3v) is 3.25. The van der Waals surface area contributed by atoms with Crippen LogP contribution in [0.25, 0.3) is 27.8 Å². The Kier molecular flexibility index (Phi) is 1.91. The van der Waals surface area contributed by atoms with Crippen LogP contribution in [-0.4, -0.2) is 19.5 Å². The van der Waals surface area contributed by atoms with Gasteiger partial charge in [-0.1, -0.05) is 0 Å². The van der Waals surface area contributed by atoms with E-state index in [9.17, 15) is 0 Å². The highest BCUT2D eigenvalue weighted by atomic mass is 15.1. The number of nitrogens with zero attached hydrogens (tertiary/aromatic N) is 3. The summed E-state index contributed by atoms with van der Waals surface area (Å²) in [6, 6.07) is 7.82. The van der Waals surface area contributed by atoms with Crippen molar-refractivity contribution in [3.8, 4) is 5.82 Å². The molecule has 5 heteroatoms. The maximum atomic E-state index is 5.68. The van der Waals surface area contributed by atoms with Gasteiger partial charge in [0.2, 0.25) is 0 Å². The van der Waals surface area contributed by atoms with Crippen molar-refractivity contribution in [2.75, 3.05) is 5.73 Å². The SMILES string of the molecule is Nc1ccc(-n2ccc3cnc4[nH]ccc4c32)nc1. The molecular weight excluding hydrogens is 238 g/mol. The van der Waals surface area contributed by atoms with Crippen LogP contribution in [0.2, 0.25) is 0 Å². The minimum Gasteiger partial charge on any atom is -0.397 e. The summed E-state index contributed by atoms with van der Waals surface area (Å²) in [6.45, 7) is 0. The second kappa shape index (κ2) is 3.58. The van der Waals surface area contributed by atoms with E-state index in [1.165, 1.54) is 0 Å². The van der Waals surface area contributed by atoms with Crippen LogP contribution in [0.1, 0.15) is 0 Å². The molecule has 5 nitrogen and oxygen atoms in total. The number of H-pyrrole nitrogens is 1. The maximum absolute atomic E-state index is 5.68. The summed E-state index contributed by atoms with van der Waals surface area (Å²) in [5, 5.41) is 2.17. The molecule has 92 valence electrons. The van der Waals surface area contributed by atoms with Gasteiger partial charge in [0.1, 0.15) is 11.5 Å². The van der Waals surface area contributed by atoms with Gasteiger partial charge < -0.3 is 15.3 Å². The molecule has 0 aromatic carbocycles. The van der Waals surface area contributed by atoms with E-state index in [4.69, 9.17) is 5.73 Å². The number of rotatable bonds is 1. The summed E-state index contributed by atoms with van der Waals surface area (Å²) in [7, 11) is 0. The van der Waals surface area contributed by atoms with Crippen molar-refractivity contribution in [3.05, 3.63) is 49.1 Å². The van der Waals surface area contributed by atoms with Gasteiger partial charge in [-0.05, 0) is 24.3 Å². The lowest BCUT2D eigenvalue weighted by Gasteiger charge is -2.05. The number of anilines is 1. The van der Waals surface area contributed by atoms with E-state index >= 15 is 0 Å². The van der Waals surface area contributed by atoms with E-state index in [-0.39, 0.29) is 0 Å². The summed E-state index contributed by atoms with van der Waals surface area (Å²) in [6.07, 6.45) is 7.42. The predicted molar refractivity (Wildman–Crippen MR) is 75.1 cm³/mol. The monoisotopic (exact) mass is 249 g/mol. The molecule has 0 atom stereocenters. The van der Waals surface area contributed by atoms with Gasteiger partial charge in [0, 0.05) is 29.4 Å². The highest BCUT2D eigenvalue weighted by molar-refractivity contribution is 6.03. The number of fused-ring (bicyclic) bond motifs is 3. The van der Waals surface area contributed by atoms with Gasteiger partial charge in [-0.15, -0.1) is 0 Å². The Balaban J connectivity index is 2.09. The summed E-state index contributed by atoms with van der Waals surface area (Å²) in [5.74, 6) is 0.845. The fourth-order valence-corrected chi connectivity index (χ4v) is 2.36. The molecule has 0 unspecified atom stereocenters. The van der Waals surface area contributed by atoms with Crippen molar-refractivity contribution in [2.24, 2.45) is 0 Å². The quantitative estimate of drug-likeness (QED) is 0.544. The Morgan fingerprint density at radius 1 is 1.05 bits per heavy atom. The highest BCUT2D eigenvalue weighted by Gasteiger charge is 2.09. The van der Waals surface area contributed by atoms with Crippen LogP contribution in [0, 0.1) is 0 Å². The number of aromatic amines is 1. The number of hydrogen-bond donors (Lipinski definition) is 2. The van der Waals surface area contributed by atoms with E-state index in [0.717, 1.165) is 27.8 Å². The van der Waals surface area contributed by atoms with E-state index in [2.05, 4.69) is 15.0 Å². The summed E-state index contributed by atoms with van der Waals surface area (Å²) in [4.78, 5) is 11.9.